The van der Waals surface area contributed by atoms with Gasteiger partial charge in [0.25, 0.3) is 5.91 Å². The van der Waals surface area contributed by atoms with Gasteiger partial charge < -0.3 is 19.7 Å². The van der Waals surface area contributed by atoms with E-state index < -0.39 is 5.60 Å². The number of carbonyl (C=O) groups excluding carboxylic acids is 1. The molecule has 25 heavy (non-hydrogen) atoms. The van der Waals surface area contributed by atoms with E-state index in [1.54, 1.807) is 12.1 Å². The third-order valence-electron chi connectivity index (χ3n) is 4.06. The Hall–Kier alpha value is -2.57. The number of rotatable bonds is 6. The quantitative estimate of drug-likeness (QED) is 0.712. The van der Waals surface area contributed by atoms with Crippen molar-refractivity contribution in [3.8, 4) is 0 Å². The van der Waals surface area contributed by atoms with Gasteiger partial charge in [-0.25, -0.2) is 0 Å². The van der Waals surface area contributed by atoms with Gasteiger partial charge in [0.15, 0.2) is 0 Å². The first-order valence-electron chi connectivity index (χ1n) is 7.85. The number of furan rings is 1. The number of benzene rings is 1. The molecule has 1 amide bonds. The summed E-state index contributed by atoms with van der Waals surface area (Å²) in [7, 11) is 3.84. The molecule has 2 aromatic heterocycles. The second-order valence-corrected chi connectivity index (χ2v) is 6.92. The summed E-state index contributed by atoms with van der Waals surface area (Å²) < 4.78 is 5.12. The largest absolute Gasteiger partial charge is 0.472 e. The third-order valence-corrected chi connectivity index (χ3v) is 5.08. The Balaban J connectivity index is 1.80. The Bertz CT molecular complexity index is 792. The summed E-state index contributed by atoms with van der Waals surface area (Å²) in [5, 5.41) is 15.9. The van der Waals surface area contributed by atoms with E-state index in [1.807, 2.05) is 54.7 Å². The molecule has 0 radical (unpaired) electrons. The number of hydrogen-bond donors (Lipinski definition) is 2. The van der Waals surface area contributed by atoms with Gasteiger partial charge in [-0.3, -0.25) is 4.79 Å². The van der Waals surface area contributed by atoms with Gasteiger partial charge in [-0.05, 0) is 35.7 Å². The lowest BCUT2D eigenvalue weighted by molar-refractivity contribution is 0.0714. The normalized spacial score (nSPS) is 13.2. The van der Waals surface area contributed by atoms with Crippen molar-refractivity contribution < 1.29 is 14.3 Å². The highest BCUT2D eigenvalue weighted by molar-refractivity contribution is 7.10. The van der Waals surface area contributed by atoms with Gasteiger partial charge in [0.1, 0.15) is 5.60 Å². The molecule has 0 fully saturated rings. The molecule has 1 unspecified atom stereocenters. The zero-order valence-corrected chi connectivity index (χ0v) is 14.9. The first-order valence-corrected chi connectivity index (χ1v) is 8.73. The molecule has 1 atom stereocenters. The van der Waals surface area contributed by atoms with Crippen molar-refractivity contribution in [3.05, 3.63) is 76.4 Å². The van der Waals surface area contributed by atoms with E-state index in [0.717, 1.165) is 10.6 Å². The highest BCUT2D eigenvalue weighted by Gasteiger charge is 2.34. The fraction of sp³-hybridized carbons (Fsp3) is 0.211. The van der Waals surface area contributed by atoms with Crippen molar-refractivity contribution >= 4 is 22.9 Å². The van der Waals surface area contributed by atoms with Crippen LogP contribution >= 0.6 is 11.3 Å². The summed E-state index contributed by atoms with van der Waals surface area (Å²) in [6, 6.07) is 12.8. The van der Waals surface area contributed by atoms with Gasteiger partial charge in [0.05, 0.1) is 19.1 Å². The maximum absolute atomic E-state index is 12.5. The Kier molecular flexibility index (Phi) is 4.92. The highest BCUT2D eigenvalue weighted by atomic mass is 32.1. The minimum Gasteiger partial charge on any atom is -0.472 e. The monoisotopic (exact) mass is 356 g/mol. The minimum absolute atomic E-state index is 0.0536. The summed E-state index contributed by atoms with van der Waals surface area (Å²) in [4.78, 5) is 15.2. The van der Waals surface area contributed by atoms with E-state index in [0.29, 0.717) is 11.1 Å². The van der Waals surface area contributed by atoms with Crippen LogP contribution in [0.2, 0.25) is 0 Å². The van der Waals surface area contributed by atoms with Gasteiger partial charge in [0.2, 0.25) is 0 Å². The Morgan fingerprint density at radius 2 is 2.12 bits per heavy atom. The Labute approximate surface area is 150 Å². The summed E-state index contributed by atoms with van der Waals surface area (Å²) in [5.41, 5.74) is 0.774. The summed E-state index contributed by atoms with van der Waals surface area (Å²) in [5.74, 6) is -0.234. The van der Waals surface area contributed by atoms with E-state index >= 15 is 0 Å². The number of aliphatic hydroxyl groups is 1. The molecule has 0 spiro atoms. The number of amides is 1. The first kappa shape index (κ1) is 17.3. The number of hydrogen-bond acceptors (Lipinski definition) is 5. The SMILES string of the molecule is CN(C)c1cccc(C(=O)NCC(O)(c2ccoc2)c2cccs2)c1. The summed E-state index contributed by atoms with van der Waals surface area (Å²) >= 11 is 1.43. The van der Waals surface area contributed by atoms with Crippen LogP contribution in [-0.4, -0.2) is 31.7 Å². The van der Waals surface area contributed by atoms with E-state index in [-0.39, 0.29) is 12.5 Å². The average Bonchev–Trinajstić information content (AvgIpc) is 3.33. The van der Waals surface area contributed by atoms with Crippen molar-refractivity contribution in [2.75, 3.05) is 25.5 Å². The first-order chi connectivity index (χ1) is 12.0. The molecule has 0 saturated carbocycles. The molecule has 0 aliphatic rings. The van der Waals surface area contributed by atoms with Crippen LogP contribution in [0.3, 0.4) is 0 Å². The molecule has 2 heterocycles. The molecule has 1 aromatic carbocycles. The molecule has 3 aromatic rings. The molecular weight excluding hydrogens is 336 g/mol. The van der Waals surface area contributed by atoms with E-state index in [4.69, 9.17) is 4.42 Å². The van der Waals surface area contributed by atoms with Gasteiger partial charge in [0, 0.05) is 35.8 Å². The van der Waals surface area contributed by atoms with Crippen LogP contribution in [0.15, 0.2) is 64.8 Å². The molecule has 130 valence electrons. The predicted molar refractivity (Wildman–Crippen MR) is 99.1 cm³/mol. The summed E-state index contributed by atoms with van der Waals surface area (Å²) in [6.45, 7) is 0.0536. The van der Waals surface area contributed by atoms with Crippen molar-refractivity contribution in [2.24, 2.45) is 0 Å². The standard InChI is InChI=1S/C19H20N2O3S/c1-21(2)16-6-3-5-14(11-16)18(22)20-13-19(23,15-8-9-24-12-15)17-7-4-10-25-17/h3-12,23H,13H2,1-2H3,(H,20,22). The van der Waals surface area contributed by atoms with E-state index in [1.165, 1.54) is 23.9 Å². The fourth-order valence-corrected chi connectivity index (χ4v) is 3.43. The smallest absolute Gasteiger partial charge is 0.251 e. The number of carbonyl (C=O) groups is 1. The van der Waals surface area contributed by atoms with Gasteiger partial charge >= 0.3 is 0 Å². The minimum atomic E-state index is -1.32. The van der Waals surface area contributed by atoms with Gasteiger partial charge in [-0.1, -0.05) is 12.1 Å². The topological polar surface area (TPSA) is 65.7 Å². The van der Waals surface area contributed by atoms with Gasteiger partial charge in [-0.2, -0.15) is 0 Å². The number of anilines is 1. The van der Waals surface area contributed by atoms with E-state index in [9.17, 15) is 9.90 Å². The van der Waals surface area contributed by atoms with Crippen LogP contribution in [0.5, 0.6) is 0 Å². The summed E-state index contributed by atoms with van der Waals surface area (Å²) in [6.07, 6.45) is 3.01. The second kappa shape index (κ2) is 7.13. The predicted octanol–water partition coefficient (Wildman–Crippen LogP) is 3.07. The molecule has 6 heteroatoms. The molecule has 5 nitrogen and oxygen atoms in total. The molecule has 0 aliphatic carbocycles. The van der Waals surface area contributed by atoms with E-state index in [2.05, 4.69) is 5.32 Å². The molecule has 0 bridgehead atoms. The third kappa shape index (κ3) is 3.60. The molecule has 0 saturated heterocycles. The molecule has 0 aliphatic heterocycles. The lowest BCUT2D eigenvalue weighted by Crippen LogP contribution is -2.41. The maximum atomic E-state index is 12.5. The zero-order chi connectivity index (χ0) is 17.9. The van der Waals surface area contributed by atoms with Crippen LogP contribution in [0.1, 0.15) is 20.8 Å². The van der Waals surface area contributed by atoms with Crippen molar-refractivity contribution in [2.45, 2.75) is 5.60 Å². The molecule has 3 rings (SSSR count). The lowest BCUT2D eigenvalue weighted by Gasteiger charge is -2.26. The van der Waals surface area contributed by atoms with Crippen LogP contribution in [0.25, 0.3) is 0 Å². The average molecular weight is 356 g/mol. The second-order valence-electron chi connectivity index (χ2n) is 5.98. The number of nitrogens with zero attached hydrogens (tertiary/aromatic N) is 1. The van der Waals surface area contributed by atoms with Crippen LogP contribution in [0, 0.1) is 0 Å². The number of nitrogens with one attached hydrogen (secondary N) is 1. The highest BCUT2D eigenvalue weighted by Crippen LogP contribution is 2.32. The molecular formula is C19H20N2O3S. The van der Waals surface area contributed by atoms with Gasteiger partial charge in [-0.15, -0.1) is 11.3 Å². The Morgan fingerprint density at radius 3 is 2.76 bits per heavy atom. The van der Waals surface area contributed by atoms with Crippen LogP contribution in [0.4, 0.5) is 5.69 Å². The Morgan fingerprint density at radius 1 is 1.28 bits per heavy atom. The number of thiophene rings is 1. The zero-order valence-electron chi connectivity index (χ0n) is 14.1. The van der Waals surface area contributed by atoms with Crippen molar-refractivity contribution in [1.29, 1.82) is 0 Å². The van der Waals surface area contributed by atoms with Crippen LogP contribution < -0.4 is 10.2 Å². The van der Waals surface area contributed by atoms with Crippen molar-refractivity contribution in [3.63, 3.8) is 0 Å². The van der Waals surface area contributed by atoms with Crippen LogP contribution in [-0.2, 0) is 5.60 Å². The fourth-order valence-electron chi connectivity index (χ4n) is 2.58. The lowest BCUT2D eigenvalue weighted by atomic mass is 9.94. The molecule has 2 N–H and O–H groups in total. The van der Waals surface area contributed by atoms with Crippen molar-refractivity contribution in [1.82, 2.24) is 5.32 Å². The maximum Gasteiger partial charge on any atom is 0.251 e.